The lowest BCUT2D eigenvalue weighted by Gasteiger charge is -2.09. The largest absolute Gasteiger partial charge is 0.387 e. The molecule has 0 aliphatic carbocycles. The number of anilines is 1. The maximum atomic E-state index is 11.8. The van der Waals surface area contributed by atoms with Crippen molar-refractivity contribution in [2.45, 2.75) is 0 Å². The Balaban J connectivity index is 2.51. The minimum absolute atomic E-state index is 0.173. The fraction of sp³-hybridized carbons (Fsp3) is 0.364. The molecule has 1 aromatic rings. The minimum atomic E-state index is -3.21. The molecule has 1 rings (SSSR count). The molecule has 7 heteroatoms. The molecule has 0 atom stereocenters. The number of nitrogens with one attached hydrogen (secondary N) is 3. The first kappa shape index (κ1) is 14.5. The van der Waals surface area contributed by atoms with E-state index in [1.54, 1.807) is 25.2 Å². The van der Waals surface area contributed by atoms with Gasteiger partial charge in [-0.3, -0.25) is 4.79 Å². The number of carbonyl (C=O) groups is 1. The minimum Gasteiger partial charge on any atom is -0.387 e. The van der Waals surface area contributed by atoms with E-state index in [-0.39, 0.29) is 19.0 Å². The normalized spacial score (nSPS) is 11.0. The zero-order valence-electron chi connectivity index (χ0n) is 10.4. The zero-order chi connectivity index (χ0) is 13.6. The summed E-state index contributed by atoms with van der Waals surface area (Å²) in [5.41, 5.74) is 1.26. The highest BCUT2D eigenvalue weighted by Gasteiger charge is 2.09. The van der Waals surface area contributed by atoms with Crippen LogP contribution in [0, 0.1) is 0 Å². The second-order valence-corrected chi connectivity index (χ2v) is 5.55. The van der Waals surface area contributed by atoms with E-state index in [1.165, 1.54) is 0 Å². The summed E-state index contributed by atoms with van der Waals surface area (Å²) >= 11 is 0. The molecule has 0 heterocycles. The van der Waals surface area contributed by atoms with E-state index in [0.29, 0.717) is 5.56 Å². The summed E-state index contributed by atoms with van der Waals surface area (Å²) in [6.45, 7) is 0.413. The van der Waals surface area contributed by atoms with Gasteiger partial charge in [-0.05, 0) is 12.1 Å². The summed E-state index contributed by atoms with van der Waals surface area (Å²) in [5.74, 6) is -0.241. The molecule has 0 saturated heterocycles. The third kappa shape index (κ3) is 4.72. The van der Waals surface area contributed by atoms with Gasteiger partial charge in [0.25, 0.3) is 5.91 Å². The average Bonchev–Trinajstić information content (AvgIpc) is 2.33. The number of hydrogen-bond donors (Lipinski definition) is 3. The van der Waals surface area contributed by atoms with Crippen molar-refractivity contribution in [1.29, 1.82) is 0 Å². The molecule has 3 N–H and O–H groups in total. The Morgan fingerprint density at radius 2 is 1.89 bits per heavy atom. The number of carbonyl (C=O) groups excluding carboxylic acids is 1. The lowest BCUT2D eigenvalue weighted by atomic mass is 10.1. The number of para-hydroxylation sites is 1. The maximum Gasteiger partial charge on any atom is 0.253 e. The number of benzene rings is 1. The quantitative estimate of drug-likeness (QED) is 0.636. The van der Waals surface area contributed by atoms with Crippen LogP contribution in [0.2, 0.25) is 0 Å². The molecule has 6 nitrogen and oxygen atoms in total. The van der Waals surface area contributed by atoms with Crippen molar-refractivity contribution in [3.63, 3.8) is 0 Å². The molecule has 0 fully saturated rings. The van der Waals surface area contributed by atoms with Crippen LogP contribution < -0.4 is 15.4 Å². The van der Waals surface area contributed by atoms with Gasteiger partial charge in [-0.1, -0.05) is 12.1 Å². The van der Waals surface area contributed by atoms with Crippen LogP contribution in [-0.2, 0) is 10.0 Å². The van der Waals surface area contributed by atoms with Crippen molar-refractivity contribution in [3.05, 3.63) is 29.8 Å². The predicted molar refractivity (Wildman–Crippen MR) is 71.2 cm³/mol. The van der Waals surface area contributed by atoms with Gasteiger partial charge in [0.05, 0.1) is 11.8 Å². The maximum absolute atomic E-state index is 11.8. The molecule has 0 aliphatic heterocycles. The van der Waals surface area contributed by atoms with Gasteiger partial charge in [-0.15, -0.1) is 0 Å². The van der Waals surface area contributed by atoms with Gasteiger partial charge < -0.3 is 10.6 Å². The third-order valence-electron chi connectivity index (χ3n) is 2.22. The second kappa shape index (κ2) is 6.36. The van der Waals surface area contributed by atoms with Gasteiger partial charge >= 0.3 is 0 Å². The zero-order valence-corrected chi connectivity index (χ0v) is 11.2. The standard InChI is InChI=1S/C11H17N3O3S/c1-12-10-6-4-3-5-9(10)11(15)13-7-8-14-18(2,16)17/h3-6,12,14H,7-8H2,1-2H3,(H,13,15). The SMILES string of the molecule is CNc1ccccc1C(=O)NCCNS(C)(=O)=O. The Morgan fingerprint density at radius 3 is 2.50 bits per heavy atom. The summed E-state index contributed by atoms with van der Waals surface area (Å²) in [6, 6.07) is 7.09. The van der Waals surface area contributed by atoms with Crippen LogP contribution in [0.3, 0.4) is 0 Å². The molecule has 0 radical (unpaired) electrons. The van der Waals surface area contributed by atoms with Crippen LogP contribution >= 0.6 is 0 Å². The first-order chi connectivity index (χ1) is 8.44. The van der Waals surface area contributed by atoms with Crippen LogP contribution in [0.25, 0.3) is 0 Å². The Hall–Kier alpha value is -1.60. The Morgan fingerprint density at radius 1 is 1.22 bits per heavy atom. The molecule has 0 saturated carbocycles. The van der Waals surface area contributed by atoms with E-state index in [9.17, 15) is 13.2 Å². The molecule has 100 valence electrons. The highest BCUT2D eigenvalue weighted by atomic mass is 32.2. The monoisotopic (exact) mass is 271 g/mol. The van der Waals surface area contributed by atoms with Crippen molar-refractivity contribution in [2.75, 3.05) is 31.7 Å². The topological polar surface area (TPSA) is 87.3 Å². The Kier molecular flexibility index (Phi) is 5.11. The van der Waals surface area contributed by atoms with Crippen LogP contribution in [0.5, 0.6) is 0 Å². The summed E-state index contributed by atoms with van der Waals surface area (Å²) < 4.78 is 23.9. The van der Waals surface area contributed by atoms with Gasteiger partial charge in [-0.2, -0.15) is 0 Å². The average molecular weight is 271 g/mol. The van der Waals surface area contributed by atoms with Gasteiger partial charge in [-0.25, -0.2) is 13.1 Å². The molecule has 0 aromatic heterocycles. The smallest absolute Gasteiger partial charge is 0.253 e. The van der Waals surface area contributed by atoms with Gasteiger partial charge in [0.15, 0.2) is 0 Å². The number of amides is 1. The highest BCUT2D eigenvalue weighted by Crippen LogP contribution is 2.13. The van der Waals surface area contributed by atoms with E-state index in [1.807, 2.05) is 6.07 Å². The number of rotatable bonds is 6. The second-order valence-electron chi connectivity index (χ2n) is 3.72. The first-order valence-electron chi connectivity index (χ1n) is 5.43. The molecular formula is C11H17N3O3S. The Bertz CT molecular complexity index is 514. The van der Waals surface area contributed by atoms with Crippen molar-refractivity contribution in [3.8, 4) is 0 Å². The molecule has 0 spiro atoms. The summed E-state index contributed by atoms with van der Waals surface area (Å²) in [6.07, 6.45) is 1.07. The van der Waals surface area contributed by atoms with E-state index in [2.05, 4.69) is 15.4 Å². The lowest BCUT2D eigenvalue weighted by Crippen LogP contribution is -2.34. The van der Waals surface area contributed by atoms with Gasteiger partial charge in [0.1, 0.15) is 0 Å². The van der Waals surface area contributed by atoms with Gasteiger partial charge in [0, 0.05) is 25.8 Å². The van der Waals surface area contributed by atoms with E-state index >= 15 is 0 Å². The van der Waals surface area contributed by atoms with E-state index in [0.717, 1.165) is 11.9 Å². The number of sulfonamides is 1. The summed E-state index contributed by atoms with van der Waals surface area (Å²) in [5, 5.41) is 5.56. The highest BCUT2D eigenvalue weighted by molar-refractivity contribution is 7.88. The molecular weight excluding hydrogens is 254 g/mol. The molecule has 1 aromatic carbocycles. The first-order valence-corrected chi connectivity index (χ1v) is 7.33. The van der Waals surface area contributed by atoms with E-state index in [4.69, 9.17) is 0 Å². The molecule has 1 amide bonds. The van der Waals surface area contributed by atoms with Gasteiger partial charge in [0.2, 0.25) is 10.0 Å². The molecule has 0 aliphatic rings. The summed E-state index contributed by atoms with van der Waals surface area (Å²) in [4.78, 5) is 11.8. The third-order valence-corrected chi connectivity index (χ3v) is 2.94. The molecule has 0 bridgehead atoms. The number of hydrogen-bond acceptors (Lipinski definition) is 4. The fourth-order valence-electron chi connectivity index (χ4n) is 1.41. The summed E-state index contributed by atoms with van der Waals surface area (Å²) in [7, 11) is -1.48. The van der Waals surface area contributed by atoms with Crippen molar-refractivity contribution in [1.82, 2.24) is 10.0 Å². The predicted octanol–water partition coefficient (Wildman–Crippen LogP) is 0.00730. The molecule has 0 unspecified atom stereocenters. The van der Waals surface area contributed by atoms with Crippen LogP contribution in [-0.4, -0.2) is 40.7 Å². The van der Waals surface area contributed by atoms with Crippen molar-refractivity contribution in [2.24, 2.45) is 0 Å². The van der Waals surface area contributed by atoms with Crippen molar-refractivity contribution < 1.29 is 13.2 Å². The lowest BCUT2D eigenvalue weighted by molar-refractivity contribution is 0.0955. The fourth-order valence-corrected chi connectivity index (χ4v) is 1.88. The van der Waals surface area contributed by atoms with Crippen LogP contribution in [0.4, 0.5) is 5.69 Å². The molecule has 18 heavy (non-hydrogen) atoms. The van der Waals surface area contributed by atoms with Crippen molar-refractivity contribution >= 4 is 21.6 Å². The van der Waals surface area contributed by atoms with E-state index < -0.39 is 10.0 Å². The van der Waals surface area contributed by atoms with Crippen LogP contribution in [0.15, 0.2) is 24.3 Å². The van der Waals surface area contributed by atoms with Crippen LogP contribution in [0.1, 0.15) is 10.4 Å². The Labute approximate surface area is 107 Å².